The number of carbonyl (C=O) groups excluding carboxylic acids is 1. The minimum absolute atomic E-state index is 0.123. The quantitative estimate of drug-likeness (QED) is 0.838. The summed E-state index contributed by atoms with van der Waals surface area (Å²) in [5, 5.41) is 12.1. The molecule has 1 aliphatic carbocycles. The smallest absolute Gasteiger partial charge is 0.307 e. The van der Waals surface area contributed by atoms with Crippen molar-refractivity contribution in [1.29, 1.82) is 0 Å². The molecule has 0 aromatic carbocycles. The van der Waals surface area contributed by atoms with Crippen LogP contribution in [0.25, 0.3) is 0 Å². The van der Waals surface area contributed by atoms with E-state index >= 15 is 0 Å². The van der Waals surface area contributed by atoms with Gasteiger partial charge in [0.1, 0.15) is 0 Å². The average molecular weight is 290 g/mol. The summed E-state index contributed by atoms with van der Waals surface area (Å²) < 4.78 is 0. The van der Waals surface area contributed by atoms with E-state index in [2.05, 4.69) is 10.3 Å². The topological polar surface area (TPSA) is 79.3 Å². The lowest BCUT2D eigenvalue weighted by Gasteiger charge is -2.15. The van der Waals surface area contributed by atoms with Gasteiger partial charge in [-0.1, -0.05) is 19.4 Å². The number of amides is 1. The first-order valence-corrected chi connectivity index (χ1v) is 7.51. The SMILES string of the molecule is CCC1C[C@H](C(=O)NCCc2cccnc2)[C@H](C(=O)O)C1. The molecule has 1 amide bonds. The number of hydrogen-bond donors (Lipinski definition) is 2. The van der Waals surface area contributed by atoms with Crippen molar-refractivity contribution >= 4 is 11.9 Å². The number of carboxylic acids is 1. The van der Waals surface area contributed by atoms with Gasteiger partial charge in [-0.05, 0) is 36.8 Å². The Morgan fingerprint density at radius 1 is 1.38 bits per heavy atom. The number of rotatable bonds is 6. The molecule has 1 unspecified atom stereocenters. The van der Waals surface area contributed by atoms with Crippen LogP contribution in [0.1, 0.15) is 31.7 Å². The molecule has 114 valence electrons. The van der Waals surface area contributed by atoms with Gasteiger partial charge in [0.15, 0.2) is 0 Å². The van der Waals surface area contributed by atoms with E-state index in [0.29, 0.717) is 31.7 Å². The van der Waals surface area contributed by atoms with Gasteiger partial charge in [-0.3, -0.25) is 14.6 Å². The summed E-state index contributed by atoms with van der Waals surface area (Å²) >= 11 is 0. The number of nitrogens with one attached hydrogen (secondary N) is 1. The van der Waals surface area contributed by atoms with Gasteiger partial charge in [-0.25, -0.2) is 0 Å². The van der Waals surface area contributed by atoms with Crippen LogP contribution < -0.4 is 5.32 Å². The van der Waals surface area contributed by atoms with Crippen LogP contribution in [0, 0.1) is 17.8 Å². The molecule has 1 aromatic rings. The fraction of sp³-hybridized carbons (Fsp3) is 0.562. The van der Waals surface area contributed by atoms with Gasteiger partial charge < -0.3 is 10.4 Å². The third-order valence-corrected chi connectivity index (χ3v) is 4.33. The number of carbonyl (C=O) groups is 2. The van der Waals surface area contributed by atoms with E-state index in [-0.39, 0.29) is 11.8 Å². The highest BCUT2D eigenvalue weighted by atomic mass is 16.4. The highest BCUT2D eigenvalue weighted by Gasteiger charge is 2.41. The summed E-state index contributed by atoms with van der Waals surface area (Å²) in [6.07, 6.45) is 6.43. The number of aromatic nitrogens is 1. The second-order valence-electron chi connectivity index (χ2n) is 5.70. The number of pyridine rings is 1. The van der Waals surface area contributed by atoms with Crippen molar-refractivity contribution in [2.45, 2.75) is 32.6 Å². The maximum Gasteiger partial charge on any atom is 0.307 e. The largest absolute Gasteiger partial charge is 0.481 e. The second kappa shape index (κ2) is 7.20. The van der Waals surface area contributed by atoms with Gasteiger partial charge in [0.05, 0.1) is 11.8 Å². The van der Waals surface area contributed by atoms with Crippen molar-refractivity contribution in [2.75, 3.05) is 6.54 Å². The van der Waals surface area contributed by atoms with Crippen molar-refractivity contribution in [3.8, 4) is 0 Å². The molecule has 1 heterocycles. The van der Waals surface area contributed by atoms with E-state index in [1.165, 1.54) is 0 Å². The molecule has 2 rings (SSSR count). The van der Waals surface area contributed by atoms with Crippen LogP contribution in [0.4, 0.5) is 0 Å². The predicted molar refractivity (Wildman–Crippen MR) is 78.6 cm³/mol. The van der Waals surface area contributed by atoms with Crippen LogP contribution in [-0.2, 0) is 16.0 Å². The molecule has 1 aliphatic rings. The lowest BCUT2D eigenvalue weighted by molar-refractivity contribution is -0.146. The van der Waals surface area contributed by atoms with E-state index in [4.69, 9.17) is 0 Å². The molecule has 0 bridgehead atoms. The summed E-state index contributed by atoms with van der Waals surface area (Å²) in [6, 6.07) is 3.82. The maximum absolute atomic E-state index is 12.2. The van der Waals surface area contributed by atoms with Crippen molar-refractivity contribution in [3.63, 3.8) is 0 Å². The number of hydrogen-bond acceptors (Lipinski definition) is 3. The fourth-order valence-corrected chi connectivity index (χ4v) is 3.05. The molecule has 0 aliphatic heterocycles. The van der Waals surface area contributed by atoms with Gasteiger partial charge in [-0.2, -0.15) is 0 Å². The molecule has 1 fully saturated rings. The standard InChI is InChI=1S/C16H22N2O3/c1-2-11-8-13(14(9-11)16(20)21)15(19)18-7-5-12-4-3-6-17-10-12/h3-4,6,10-11,13-14H,2,5,7-9H2,1H3,(H,18,19)(H,20,21)/t11?,13-,14+/m0/s1. The van der Waals surface area contributed by atoms with Crippen LogP contribution in [0.5, 0.6) is 0 Å². The Morgan fingerprint density at radius 3 is 2.76 bits per heavy atom. The molecule has 1 aromatic heterocycles. The molecule has 0 radical (unpaired) electrons. The first-order valence-electron chi connectivity index (χ1n) is 7.51. The van der Waals surface area contributed by atoms with Crippen LogP contribution in [0.2, 0.25) is 0 Å². The number of aliphatic carboxylic acids is 1. The Bertz CT molecular complexity index is 490. The zero-order chi connectivity index (χ0) is 15.2. The van der Waals surface area contributed by atoms with Gasteiger partial charge in [0.2, 0.25) is 5.91 Å². The third-order valence-electron chi connectivity index (χ3n) is 4.33. The van der Waals surface area contributed by atoms with Gasteiger partial charge in [0.25, 0.3) is 0 Å². The van der Waals surface area contributed by atoms with Crippen molar-refractivity contribution in [3.05, 3.63) is 30.1 Å². The lowest BCUT2D eigenvalue weighted by atomic mass is 9.95. The monoisotopic (exact) mass is 290 g/mol. The van der Waals surface area contributed by atoms with Crippen LogP contribution in [0.15, 0.2) is 24.5 Å². The Labute approximate surface area is 124 Å². The summed E-state index contributed by atoms with van der Waals surface area (Å²) in [7, 11) is 0. The Morgan fingerprint density at radius 2 is 2.14 bits per heavy atom. The van der Waals surface area contributed by atoms with Crippen molar-refractivity contribution in [2.24, 2.45) is 17.8 Å². The molecule has 1 saturated carbocycles. The van der Waals surface area contributed by atoms with Crippen molar-refractivity contribution < 1.29 is 14.7 Å². The molecular formula is C16H22N2O3. The minimum atomic E-state index is -0.849. The molecular weight excluding hydrogens is 268 g/mol. The molecule has 2 N–H and O–H groups in total. The third kappa shape index (κ3) is 4.03. The van der Waals surface area contributed by atoms with E-state index in [9.17, 15) is 14.7 Å². The van der Waals surface area contributed by atoms with E-state index in [1.54, 1.807) is 12.4 Å². The minimum Gasteiger partial charge on any atom is -0.481 e. The Hall–Kier alpha value is -1.91. The lowest BCUT2D eigenvalue weighted by Crippen LogP contribution is -2.36. The molecule has 21 heavy (non-hydrogen) atoms. The summed E-state index contributed by atoms with van der Waals surface area (Å²) in [5.74, 6) is -1.55. The van der Waals surface area contributed by atoms with Gasteiger partial charge in [-0.15, -0.1) is 0 Å². The molecule has 5 heteroatoms. The summed E-state index contributed by atoms with van der Waals surface area (Å²) in [4.78, 5) is 27.5. The van der Waals surface area contributed by atoms with Crippen LogP contribution in [-0.4, -0.2) is 28.5 Å². The maximum atomic E-state index is 12.2. The summed E-state index contributed by atoms with van der Waals surface area (Å²) in [5.41, 5.74) is 1.06. The van der Waals surface area contributed by atoms with Crippen molar-refractivity contribution in [1.82, 2.24) is 10.3 Å². The molecule has 0 spiro atoms. The number of carboxylic acid groups (broad SMARTS) is 1. The first-order chi connectivity index (χ1) is 10.1. The zero-order valence-electron chi connectivity index (χ0n) is 12.3. The van der Waals surface area contributed by atoms with Crippen LogP contribution >= 0.6 is 0 Å². The second-order valence-corrected chi connectivity index (χ2v) is 5.70. The zero-order valence-corrected chi connectivity index (χ0v) is 12.3. The van der Waals surface area contributed by atoms with E-state index in [0.717, 1.165) is 12.0 Å². The normalized spacial score (nSPS) is 24.7. The predicted octanol–water partition coefficient (Wildman–Crippen LogP) is 1.88. The Kier molecular flexibility index (Phi) is 5.31. The molecule has 5 nitrogen and oxygen atoms in total. The summed E-state index contributed by atoms with van der Waals surface area (Å²) in [6.45, 7) is 2.57. The Balaban J connectivity index is 1.85. The average Bonchev–Trinajstić information content (AvgIpc) is 2.93. The highest BCUT2D eigenvalue weighted by molar-refractivity contribution is 5.85. The highest BCUT2D eigenvalue weighted by Crippen LogP contribution is 2.38. The van der Waals surface area contributed by atoms with E-state index < -0.39 is 11.9 Å². The van der Waals surface area contributed by atoms with Crippen LogP contribution in [0.3, 0.4) is 0 Å². The molecule has 0 saturated heterocycles. The first kappa shape index (κ1) is 15.5. The van der Waals surface area contributed by atoms with Gasteiger partial charge in [0, 0.05) is 18.9 Å². The van der Waals surface area contributed by atoms with E-state index in [1.807, 2.05) is 19.1 Å². The van der Waals surface area contributed by atoms with Gasteiger partial charge >= 0.3 is 5.97 Å². The fourth-order valence-electron chi connectivity index (χ4n) is 3.05. The molecule has 3 atom stereocenters. The number of nitrogens with zero attached hydrogens (tertiary/aromatic N) is 1.